The first-order valence-electron chi connectivity index (χ1n) is 4.94. The summed E-state index contributed by atoms with van der Waals surface area (Å²) in [6.07, 6.45) is 0. The number of hydrogen-bond donors (Lipinski definition) is 2. The fraction of sp³-hybridized carbons (Fsp3) is 0.545. The first kappa shape index (κ1) is 12.2. The third-order valence-electron chi connectivity index (χ3n) is 2.48. The van der Waals surface area contributed by atoms with Crippen LogP contribution in [0.3, 0.4) is 0 Å². The maximum atomic E-state index is 11.1. The summed E-state index contributed by atoms with van der Waals surface area (Å²) in [5.74, 6) is -0.327. The summed E-state index contributed by atoms with van der Waals surface area (Å²) in [6.45, 7) is 8.45. The van der Waals surface area contributed by atoms with Crippen molar-refractivity contribution in [1.82, 2.24) is 5.32 Å². The second kappa shape index (κ2) is 4.33. The van der Waals surface area contributed by atoms with E-state index in [1.165, 1.54) is 15.3 Å². The molecule has 0 spiro atoms. The Morgan fingerprint density at radius 1 is 1.53 bits per heavy atom. The Labute approximate surface area is 94.7 Å². The van der Waals surface area contributed by atoms with Crippen LogP contribution in [0.25, 0.3) is 0 Å². The van der Waals surface area contributed by atoms with Gasteiger partial charge in [0.15, 0.2) is 0 Å². The lowest BCUT2D eigenvalue weighted by molar-refractivity contribution is -0.123. The third-order valence-corrected chi connectivity index (χ3v) is 3.49. The summed E-state index contributed by atoms with van der Waals surface area (Å²) in [4.78, 5) is 13.7. The van der Waals surface area contributed by atoms with Crippen molar-refractivity contribution in [2.24, 2.45) is 5.73 Å². The molecule has 84 valence electrons. The second-order valence-electron chi connectivity index (χ2n) is 4.28. The molecule has 0 radical (unpaired) electrons. The molecule has 0 fully saturated rings. The highest BCUT2D eigenvalue weighted by Crippen LogP contribution is 2.20. The zero-order valence-electron chi connectivity index (χ0n) is 9.68. The highest BCUT2D eigenvalue weighted by Gasteiger charge is 2.23. The first-order chi connectivity index (χ1) is 6.83. The zero-order chi connectivity index (χ0) is 11.6. The molecule has 1 rings (SSSR count). The van der Waals surface area contributed by atoms with E-state index in [1.807, 2.05) is 0 Å². The van der Waals surface area contributed by atoms with Crippen molar-refractivity contribution in [1.29, 1.82) is 0 Å². The topological polar surface area (TPSA) is 55.1 Å². The van der Waals surface area contributed by atoms with Gasteiger partial charge in [0, 0.05) is 16.3 Å². The van der Waals surface area contributed by atoms with E-state index < -0.39 is 5.54 Å². The van der Waals surface area contributed by atoms with E-state index in [-0.39, 0.29) is 5.91 Å². The molecular weight excluding hydrogens is 208 g/mol. The minimum Gasteiger partial charge on any atom is -0.368 e. The minimum atomic E-state index is -0.651. The van der Waals surface area contributed by atoms with Crippen LogP contribution in [0.5, 0.6) is 0 Å². The van der Waals surface area contributed by atoms with Crippen molar-refractivity contribution in [2.45, 2.75) is 39.8 Å². The number of nitrogens with one attached hydrogen (secondary N) is 1. The molecule has 1 aromatic rings. The van der Waals surface area contributed by atoms with Crippen LogP contribution in [0.1, 0.15) is 29.2 Å². The van der Waals surface area contributed by atoms with Crippen molar-refractivity contribution < 1.29 is 4.79 Å². The van der Waals surface area contributed by atoms with Gasteiger partial charge in [0.05, 0.1) is 5.54 Å². The summed E-state index contributed by atoms with van der Waals surface area (Å²) in [5.41, 5.74) is 5.87. The van der Waals surface area contributed by atoms with Gasteiger partial charge in [-0.15, -0.1) is 11.3 Å². The van der Waals surface area contributed by atoms with Crippen LogP contribution >= 0.6 is 11.3 Å². The summed E-state index contributed by atoms with van der Waals surface area (Å²) in [5, 5.41) is 3.16. The lowest BCUT2D eigenvalue weighted by Crippen LogP contribution is -2.50. The van der Waals surface area contributed by atoms with Gasteiger partial charge in [-0.3, -0.25) is 10.1 Å². The Hall–Kier alpha value is -0.870. The van der Waals surface area contributed by atoms with Crippen molar-refractivity contribution in [3.63, 3.8) is 0 Å². The average Bonchev–Trinajstić information content (AvgIpc) is 2.41. The Balaban J connectivity index is 2.65. The second-order valence-corrected chi connectivity index (χ2v) is 5.74. The monoisotopic (exact) mass is 226 g/mol. The standard InChI is InChI=1S/C11H18N2OS/c1-7-5-9(8(2)15-7)6-13-11(3,4)10(12)14/h5,13H,6H2,1-4H3,(H2,12,14). The Morgan fingerprint density at radius 3 is 2.53 bits per heavy atom. The van der Waals surface area contributed by atoms with E-state index in [0.717, 1.165) is 0 Å². The van der Waals surface area contributed by atoms with Gasteiger partial charge >= 0.3 is 0 Å². The molecule has 0 atom stereocenters. The van der Waals surface area contributed by atoms with Gasteiger partial charge in [-0.1, -0.05) is 0 Å². The lowest BCUT2D eigenvalue weighted by Gasteiger charge is -2.22. The number of carbonyl (C=O) groups is 1. The maximum absolute atomic E-state index is 11.1. The van der Waals surface area contributed by atoms with Crippen LogP contribution in [-0.2, 0) is 11.3 Å². The largest absolute Gasteiger partial charge is 0.368 e. The average molecular weight is 226 g/mol. The Morgan fingerprint density at radius 2 is 2.13 bits per heavy atom. The van der Waals surface area contributed by atoms with Crippen LogP contribution in [0.4, 0.5) is 0 Å². The smallest absolute Gasteiger partial charge is 0.237 e. The van der Waals surface area contributed by atoms with Crippen LogP contribution in [0.15, 0.2) is 6.07 Å². The van der Waals surface area contributed by atoms with Crippen LogP contribution in [0, 0.1) is 13.8 Å². The predicted molar refractivity (Wildman–Crippen MR) is 63.9 cm³/mol. The van der Waals surface area contributed by atoms with Crippen molar-refractivity contribution >= 4 is 17.2 Å². The number of thiophene rings is 1. The van der Waals surface area contributed by atoms with Crippen LogP contribution in [0.2, 0.25) is 0 Å². The van der Waals surface area contributed by atoms with Gasteiger partial charge < -0.3 is 5.73 Å². The molecule has 0 aromatic carbocycles. The predicted octanol–water partition coefficient (Wildman–Crippen LogP) is 1.72. The molecule has 0 saturated carbocycles. The number of carbonyl (C=O) groups excluding carboxylic acids is 1. The molecule has 1 amide bonds. The quantitative estimate of drug-likeness (QED) is 0.821. The van der Waals surface area contributed by atoms with E-state index in [9.17, 15) is 4.79 Å². The van der Waals surface area contributed by atoms with E-state index in [4.69, 9.17) is 5.73 Å². The first-order valence-corrected chi connectivity index (χ1v) is 5.75. The molecule has 0 saturated heterocycles. The van der Waals surface area contributed by atoms with Gasteiger partial charge in [-0.2, -0.15) is 0 Å². The molecular formula is C11H18N2OS. The molecule has 0 unspecified atom stereocenters. The lowest BCUT2D eigenvalue weighted by atomic mass is 10.0. The SMILES string of the molecule is Cc1cc(CNC(C)(C)C(N)=O)c(C)s1. The number of rotatable bonds is 4. The number of aryl methyl sites for hydroxylation is 2. The van der Waals surface area contributed by atoms with E-state index in [2.05, 4.69) is 25.2 Å². The van der Waals surface area contributed by atoms with Gasteiger partial charge in [-0.25, -0.2) is 0 Å². The van der Waals surface area contributed by atoms with E-state index in [1.54, 1.807) is 25.2 Å². The summed E-state index contributed by atoms with van der Waals surface area (Å²) < 4.78 is 0. The third kappa shape index (κ3) is 3.04. The molecule has 3 nitrogen and oxygen atoms in total. The molecule has 3 N–H and O–H groups in total. The van der Waals surface area contributed by atoms with Crippen molar-refractivity contribution in [3.8, 4) is 0 Å². The molecule has 15 heavy (non-hydrogen) atoms. The Kier molecular flexibility index (Phi) is 3.52. The van der Waals surface area contributed by atoms with Gasteiger partial charge in [0.1, 0.15) is 0 Å². The summed E-state index contributed by atoms with van der Waals surface area (Å²) in [7, 11) is 0. The Bertz CT molecular complexity index is 369. The maximum Gasteiger partial charge on any atom is 0.237 e. The fourth-order valence-corrected chi connectivity index (χ4v) is 2.21. The van der Waals surface area contributed by atoms with Crippen LogP contribution < -0.4 is 11.1 Å². The molecule has 1 heterocycles. The molecule has 0 bridgehead atoms. The zero-order valence-corrected chi connectivity index (χ0v) is 10.5. The number of primary amides is 1. The van der Waals surface area contributed by atoms with E-state index >= 15 is 0 Å². The summed E-state index contributed by atoms with van der Waals surface area (Å²) >= 11 is 1.77. The highest BCUT2D eigenvalue weighted by atomic mass is 32.1. The van der Waals surface area contributed by atoms with Crippen molar-refractivity contribution in [3.05, 3.63) is 21.4 Å². The molecule has 0 aliphatic rings. The number of hydrogen-bond acceptors (Lipinski definition) is 3. The van der Waals surface area contributed by atoms with Gasteiger partial charge in [-0.05, 0) is 39.3 Å². The molecule has 4 heteroatoms. The number of amides is 1. The van der Waals surface area contributed by atoms with Gasteiger partial charge in [0.25, 0.3) is 0 Å². The number of nitrogens with two attached hydrogens (primary N) is 1. The highest BCUT2D eigenvalue weighted by molar-refractivity contribution is 7.12. The fourth-order valence-electron chi connectivity index (χ4n) is 1.26. The van der Waals surface area contributed by atoms with Crippen molar-refractivity contribution in [2.75, 3.05) is 0 Å². The summed E-state index contributed by atoms with van der Waals surface area (Å²) in [6, 6.07) is 2.14. The van der Waals surface area contributed by atoms with Gasteiger partial charge in [0.2, 0.25) is 5.91 Å². The molecule has 1 aromatic heterocycles. The van der Waals surface area contributed by atoms with E-state index in [0.29, 0.717) is 6.54 Å². The minimum absolute atomic E-state index is 0.327. The molecule has 0 aliphatic carbocycles. The normalized spacial score (nSPS) is 11.7. The molecule has 0 aliphatic heterocycles. The van der Waals surface area contributed by atoms with Crippen LogP contribution in [-0.4, -0.2) is 11.4 Å².